The molecule has 24 heavy (non-hydrogen) atoms. The summed E-state index contributed by atoms with van der Waals surface area (Å²) in [5, 5.41) is 0. The maximum absolute atomic E-state index is 6.19. The molecule has 0 amide bonds. The Kier molecular flexibility index (Phi) is 4.79. The minimum atomic E-state index is -0.609. The zero-order chi connectivity index (χ0) is 17.3. The van der Waals surface area contributed by atoms with Crippen molar-refractivity contribution in [1.29, 1.82) is 0 Å². The molecule has 4 nitrogen and oxygen atoms in total. The van der Waals surface area contributed by atoms with Gasteiger partial charge in [0, 0.05) is 18.8 Å². The van der Waals surface area contributed by atoms with Gasteiger partial charge in [0.2, 0.25) is 0 Å². The van der Waals surface area contributed by atoms with Gasteiger partial charge in [-0.15, -0.1) is 0 Å². The summed E-state index contributed by atoms with van der Waals surface area (Å²) in [4.78, 5) is 4.15. The van der Waals surface area contributed by atoms with Crippen LogP contribution in [-0.2, 0) is 22.4 Å². The van der Waals surface area contributed by atoms with E-state index in [9.17, 15) is 0 Å². The second kappa shape index (κ2) is 6.69. The molecule has 1 aliphatic heterocycles. The van der Waals surface area contributed by atoms with Crippen molar-refractivity contribution in [3.63, 3.8) is 0 Å². The van der Waals surface area contributed by atoms with Gasteiger partial charge in [0.15, 0.2) is 5.79 Å². The van der Waals surface area contributed by atoms with Crippen LogP contribution in [0.5, 0.6) is 0 Å². The largest absolute Gasteiger partial charge is 0.348 e. The minimum Gasteiger partial charge on any atom is -0.348 e. The fourth-order valence-corrected chi connectivity index (χ4v) is 3.64. The quantitative estimate of drug-likeness (QED) is 0.856. The molecule has 1 saturated heterocycles. The second-order valence-corrected chi connectivity index (χ2v) is 6.98. The lowest BCUT2D eigenvalue weighted by Gasteiger charge is -2.38. The number of nitrogens with zero attached hydrogens (tertiary/aromatic N) is 2. The highest BCUT2D eigenvalue weighted by molar-refractivity contribution is 5.49. The fourth-order valence-electron chi connectivity index (χ4n) is 3.64. The van der Waals surface area contributed by atoms with E-state index in [-0.39, 0.29) is 0 Å². The van der Waals surface area contributed by atoms with Crippen LogP contribution in [0.2, 0.25) is 0 Å². The Hall–Kier alpha value is -1.65. The van der Waals surface area contributed by atoms with Gasteiger partial charge >= 0.3 is 0 Å². The summed E-state index contributed by atoms with van der Waals surface area (Å²) in [5.41, 5.74) is 8.22. The van der Waals surface area contributed by atoms with E-state index in [4.69, 9.17) is 9.47 Å². The first-order valence-corrected chi connectivity index (χ1v) is 8.73. The van der Waals surface area contributed by atoms with Gasteiger partial charge < -0.3 is 14.0 Å². The molecule has 0 radical (unpaired) electrons. The van der Waals surface area contributed by atoms with Crippen molar-refractivity contribution >= 4 is 0 Å². The number of benzene rings is 1. The molecule has 0 unspecified atom stereocenters. The van der Waals surface area contributed by atoms with Crippen LogP contribution < -0.4 is 0 Å². The first-order valence-electron chi connectivity index (χ1n) is 8.73. The van der Waals surface area contributed by atoms with E-state index in [1.807, 2.05) is 17.1 Å². The third-order valence-corrected chi connectivity index (χ3v) is 5.60. The molecule has 0 N–H and O–H groups in total. The van der Waals surface area contributed by atoms with E-state index in [1.165, 1.54) is 33.4 Å². The minimum absolute atomic E-state index is 0.609. The molecule has 1 aliphatic rings. The summed E-state index contributed by atoms with van der Waals surface area (Å²) < 4.78 is 14.4. The van der Waals surface area contributed by atoms with Gasteiger partial charge in [0.1, 0.15) is 0 Å². The SMILES string of the molecule is Cc1c(C)c(C)c(CC2(Cn3ccnc3)OCCCO2)c(C)c1C. The third-order valence-electron chi connectivity index (χ3n) is 5.60. The number of ether oxygens (including phenoxy) is 2. The summed E-state index contributed by atoms with van der Waals surface area (Å²) in [5.74, 6) is -0.609. The summed E-state index contributed by atoms with van der Waals surface area (Å²) in [6.07, 6.45) is 7.32. The fraction of sp³-hybridized carbons (Fsp3) is 0.550. The molecule has 1 aromatic heterocycles. The summed E-state index contributed by atoms with van der Waals surface area (Å²) in [7, 11) is 0. The molecule has 0 saturated carbocycles. The van der Waals surface area contributed by atoms with Gasteiger partial charge in [-0.1, -0.05) is 0 Å². The van der Waals surface area contributed by atoms with Gasteiger partial charge in [0.25, 0.3) is 0 Å². The van der Waals surface area contributed by atoms with Crippen LogP contribution in [-0.4, -0.2) is 28.6 Å². The van der Waals surface area contributed by atoms with E-state index >= 15 is 0 Å². The monoisotopic (exact) mass is 328 g/mol. The van der Waals surface area contributed by atoms with Crippen molar-refractivity contribution in [2.75, 3.05) is 13.2 Å². The van der Waals surface area contributed by atoms with Crippen LogP contribution in [0.15, 0.2) is 18.7 Å². The van der Waals surface area contributed by atoms with E-state index < -0.39 is 5.79 Å². The highest BCUT2D eigenvalue weighted by atomic mass is 16.7. The predicted octanol–water partition coefficient (Wildman–Crippen LogP) is 3.80. The first-order chi connectivity index (χ1) is 11.4. The lowest BCUT2D eigenvalue weighted by Crippen LogP contribution is -2.46. The normalized spacial score (nSPS) is 17.2. The van der Waals surface area contributed by atoms with Crippen LogP contribution in [0.1, 0.15) is 39.8 Å². The smallest absolute Gasteiger partial charge is 0.190 e. The van der Waals surface area contributed by atoms with E-state index in [0.717, 1.165) is 26.1 Å². The Morgan fingerprint density at radius 1 is 0.958 bits per heavy atom. The van der Waals surface area contributed by atoms with E-state index in [0.29, 0.717) is 6.54 Å². The maximum atomic E-state index is 6.19. The highest BCUT2D eigenvalue weighted by Crippen LogP contribution is 2.32. The summed E-state index contributed by atoms with van der Waals surface area (Å²) >= 11 is 0. The zero-order valence-electron chi connectivity index (χ0n) is 15.5. The van der Waals surface area contributed by atoms with Crippen molar-refractivity contribution in [3.8, 4) is 0 Å². The average Bonchev–Trinajstić information content (AvgIpc) is 3.09. The molecule has 4 heteroatoms. The molecule has 0 atom stereocenters. The van der Waals surface area contributed by atoms with Gasteiger partial charge in [-0.25, -0.2) is 4.98 Å². The van der Waals surface area contributed by atoms with Crippen LogP contribution >= 0.6 is 0 Å². The predicted molar refractivity (Wildman–Crippen MR) is 95.3 cm³/mol. The van der Waals surface area contributed by atoms with Crippen LogP contribution in [0.4, 0.5) is 0 Å². The Morgan fingerprint density at radius 2 is 1.54 bits per heavy atom. The molecule has 2 aromatic rings. The molecule has 130 valence electrons. The second-order valence-electron chi connectivity index (χ2n) is 6.98. The van der Waals surface area contributed by atoms with Crippen molar-refractivity contribution in [3.05, 3.63) is 52.1 Å². The van der Waals surface area contributed by atoms with Crippen molar-refractivity contribution in [2.45, 2.75) is 59.8 Å². The highest BCUT2D eigenvalue weighted by Gasteiger charge is 2.36. The Balaban J connectivity index is 1.99. The van der Waals surface area contributed by atoms with Crippen molar-refractivity contribution in [1.82, 2.24) is 9.55 Å². The molecule has 0 spiro atoms. The summed E-state index contributed by atoms with van der Waals surface area (Å²) in [6, 6.07) is 0. The number of rotatable bonds is 4. The van der Waals surface area contributed by atoms with Gasteiger partial charge in [-0.2, -0.15) is 0 Å². The van der Waals surface area contributed by atoms with Crippen LogP contribution in [0.25, 0.3) is 0 Å². The lowest BCUT2D eigenvalue weighted by molar-refractivity contribution is -0.273. The molecule has 2 heterocycles. The molecular formula is C20H28N2O2. The third kappa shape index (κ3) is 3.13. The summed E-state index contributed by atoms with van der Waals surface area (Å²) in [6.45, 7) is 13.2. The molecule has 1 aromatic carbocycles. The topological polar surface area (TPSA) is 36.3 Å². The average molecular weight is 328 g/mol. The van der Waals surface area contributed by atoms with Crippen LogP contribution in [0, 0.1) is 34.6 Å². The van der Waals surface area contributed by atoms with Crippen LogP contribution in [0.3, 0.4) is 0 Å². The van der Waals surface area contributed by atoms with Gasteiger partial charge in [0.05, 0.1) is 26.1 Å². The van der Waals surface area contributed by atoms with Crippen molar-refractivity contribution in [2.24, 2.45) is 0 Å². The number of aromatic nitrogens is 2. The molecule has 1 fully saturated rings. The maximum Gasteiger partial charge on any atom is 0.190 e. The van der Waals surface area contributed by atoms with Gasteiger partial charge in [-0.05, 0) is 74.4 Å². The Labute approximate surface area is 144 Å². The molecule has 3 rings (SSSR count). The number of imidazole rings is 1. The molecule has 0 bridgehead atoms. The Bertz CT molecular complexity index is 685. The molecule has 0 aliphatic carbocycles. The van der Waals surface area contributed by atoms with E-state index in [2.05, 4.69) is 39.6 Å². The zero-order valence-corrected chi connectivity index (χ0v) is 15.5. The van der Waals surface area contributed by atoms with Gasteiger partial charge in [-0.3, -0.25) is 0 Å². The number of hydrogen-bond donors (Lipinski definition) is 0. The molecular weight excluding hydrogens is 300 g/mol. The standard InChI is InChI=1S/C20H28N2O2/c1-14-15(2)17(4)19(18(5)16(14)3)11-20(23-9-6-10-24-20)12-22-8-7-21-13-22/h7-8,13H,6,9-12H2,1-5H3. The Morgan fingerprint density at radius 3 is 2.08 bits per heavy atom. The lowest BCUT2D eigenvalue weighted by atomic mass is 9.86. The van der Waals surface area contributed by atoms with E-state index in [1.54, 1.807) is 6.20 Å². The first kappa shape index (κ1) is 17.2. The van der Waals surface area contributed by atoms with Crippen molar-refractivity contribution < 1.29 is 9.47 Å². The number of hydrogen-bond acceptors (Lipinski definition) is 3.